The van der Waals surface area contributed by atoms with Crippen molar-refractivity contribution in [2.24, 2.45) is 5.92 Å². The Labute approximate surface area is 131 Å². The van der Waals surface area contributed by atoms with Crippen LogP contribution in [0, 0.1) is 5.92 Å². The van der Waals surface area contributed by atoms with Crippen molar-refractivity contribution in [3.05, 3.63) is 71.8 Å². The van der Waals surface area contributed by atoms with Gasteiger partial charge in [-0.05, 0) is 5.92 Å². The van der Waals surface area contributed by atoms with Gasteiger partial charge in [0.1, 0.15) is 0 Å². The van der Waals surface area contributed by atoms with Gasteiger partial charge in [0.15, 0.2) is 5.60 Å². The second-order valence-corrected chi connectivity index (χ2v) is 6.14. The Bertz CT molecular complexity index is 612. The molecule has 0 spiro atoms. The summed E-state index contributed by atoms with van der Waals surface area (Å²) in [4.78, 5) is 14.1. The van der Waals surface area contributed by atoms with Crippen LogP contribution in [0.3, 0.4) is 0 Å². The molecule has 1 fully saturated rings. The van der Waals surface area contributed by atoms with Crippen molar-refractivity contribution in [3.63, 3.8) is 0 Å². The molecular formula is C19H21NO2. The highest BCUT2D eigenvalue weighted by Crippen LogP contribution is 2.46. The highest BCUT2D eigenvalue weighted by Gasteiger charge is 2.55. The molecule has 22 heavy (non-hydrogen) atoms. The molecule has 0 aliphatic carbocycles. The first-order chi connectivity index (χ1) is 10.6. The maximum Gasteiger partial charge on any atom is 0.411 e. The number of rotatable bonds is 3. The van der Waals surface area contributed by atoms with E-state index in [2.05, 4.69) is 13.8 Å². The molecule has 0 aromatic heterocycles. The standard InChI is InChI=1S/C19H21NO2/c1-14(2)17-19(22-18(21)20(17)3,15-10-6-4-7-11-15)16-12-8-5-9-13-16/h4-14,17H,1-3H3/t17-/m0/s1. The first-order valence-corrected chi connectivity index (χ1v) is 7.64. The van der Waals surface area contributed by atoms with Crippen LogP contribution < -0.4 is 0 Å². The summed E-state index contributed by atoms with van der Waals surface area (Å²) in [5, 5.41) is 0. The van der Waals surface area contributed by atoms with E-state index in [4.69, 9.17) is 4.74 Å². The van der Waals surface area contributed by atoms with Gasteiger partial charge >= 0.3 is 6.09 Å². The van der Waals surface area contributed by atoms with E-state index < -0.39 is 5.60 Å². The summed E-state index contributed by atoms with van der Waals surface area (Å²) in [5.74, 6) is 0.261. The van der Waals surface area contributed by atoms with E-state index in [-0.39, 0.29) is 18.1 Å². The van der Waals surface area contributed by atoms with Crippen LogP contribution >= 0.6 is 0 Å². The molecule has 0 bridgehead atoms. The minimum absolute atomic E-state index is 0.0511. The molecule has 3 heteroatoms. The molecule has 3 nitrogen and oxygen atoms in total. The van der Waals surface area contributed by atoms with Crippen molar-refractivity contribution >= 4 is 6.09 Å². The molecule has 0 saturated carbocycles. The Morgan fingerprint density at radius 3 is 1.82 bits per heavy atom. The molecule has 1 aliphatic rings. The van der Waals surface area contributed by atoms with Crippen LogP contribution in [0.15, 0.2) is 60.7 Å². The van der Waals surface area contributed by atoms with Crippen LogP contribution in [0.1, 0.15) is 25.0 Å². The number of likely N-dealkylation sites (N-methyl/N-ethyl adjacent to an activating group) is 1. The SMILES string of the molecule is CC(C)[C@@H]1N(C)C(=O)OC1(c1ccccc1)c1ccccc1. The molecule has 3 rings (SSSR count). The second kappa shape index (κ2) is 5.48. The summed E-state index contributed by atoms with van der Waals surface area (Å²) in [6.45, 7) is 4.26. The number of hydrogen-bond acceptors (Lipinski definition) is 2. The average Bonchev–Trinajstić information content (AvgIpc) is 2.82. The lowest BCUT2D eigenvalue weighted by molar-refractivity contribution is 0.0557. The number of carbonyl (C=O) groups is 1. The number of amides is 1. The molecule has 1 atom stereocenters. The lowest BCUT2D eigenvalue weighted by Crippen LogP contribution is -2.46. The molecule has 1 saturated heterocycles. The van der Waals surface area contributed by atoms with Crippen LogP contribution in [0.2, 0.25) is 0 Å². The minimum atomic E-state index is -0.761. The van der Waals surface area contributed by atoms with Gasteiger partial charge in [-0.25, -0.2) is 4.79 Å². The molecule has 1 amide bonds. The van der Waals surface area contributed by atoms with Crippen molar-refractivity contribution in [1.82, 2.24) is 4.90 Å². The summed E-state index contributed by atoms with van der Waals surface area (Å²) >= 11 is 0. The van der Waals surface area contributed by atoms with Gasteiger partial charge in [-0.15, -0.1) is 0 Å². The molecule has 0 N–H and O–H groups in total. The van der Waals surface area contributed by atoms with Gasteiger partial charge in [-0.3, -0.25) is 0 Å². The predicted octanol–water partition coefficient (Wildman–Crippen LogP) is 4.04. The number of cyclic esters (lactones) is 1. The van der Waals surface area contributed by atoms with Crippen LogP contribution in [0.4, 0.5) is 4.79 Å². The van der Waals surface area contributed by atoms with Crippen molar-refractivity contribution < 1.29 is 9.53 Å². The van der Waals surface area contributed by atoms with Crippen molar-refractivity contribution in [2.45, 2.75) is 25.5 Å². The molecule has 114 valence electrons. The zero-order valence-corrected chi connectivity index (χ0v) is 13.2. The van der Waals surface area contributed by atoms with Crippen molar-refractivity contribution in [1.29, 1.82) is 0 Å². The number of benzene rings is 2. The number of carbonyl (C=O) groups excluding carboxylic acids is 1. The lowest BCUT2D eigenvalue weighted by Gasteiger charge is -2.37. The normalized spacial score (nSPS) is 20.3. The largest absolute Gasteiger partial charge is 0.431 e. The number of hydrogen-bond donors (Lipinski definition) is 0. The molecular weight excluding hydrogens is 274 g/mol. The maximum absolute atomic E-state index is 12.4. The molecule has 0 unspecified atom stereocenters. The highest BCUT2D eigenvalue weighted by atomic mass is 16.6. The number of nitrogens with zero attached hydrogens (tertiary/aromatic N) is 1. The second-order valence-electron chi connectivity index (χ2n) is 6.14. The molecule has 0 radical (unpaired) electrons. The van der Waals surface area contributed by atoms with Gasteiger partial charge in [-0.1, -0.05) is 74.5 Å². The lowest BCUT2D eigenvalue weighted by atomic mass is 9.76. The first kappa shape index (κ1) is 14.6. The minimum Gasteiger partial charge on any atom is -0.431 e. The Morgan fingerprint density at radius 2 is 1.41 bits per heavy atom. The first-order valence-electron chi connectivity index (χ1n) is 7.64. The van der Waals surface area contributed by atoms with Gasteiger partial charge in [0.2, 0.25) is 0 Å². The van der Waals surface area contributed by atoms with Gasteiger partial charge < -0.3 is 9.64 Å². The van der Waals surface area contributed by atoms with E-state index in [1.54, 1.807) is 4.90 Å². The van der Waals surface area contributed by atoms with Crippen molar-refractivity contribution in [3.8, 4) is 0 Å². The van der Waals surface area contributed by atoms with Gasteiger partial charge in [0.05, 0.1) is 6.04 Å². The fourth-order valence-electron chi connectivity index (χ4n) is 3.57. The van der Waals surface area contributed by atoms with E-state index in [1.807, 2.05) is 67.7 Å². The predicted molar refractivity (Wildman–Crippen MR) is 86.5 cm³/mol. The maximum atomic E-state index is 12.4. The Balaban J connectivity index is 2.26. The monoisotopic (exact) mass is 295 g/mol. The molecule has 2 aromatic carbocycles. The van der Waals surface area contributed by atoms with E-state index in [0.29, 0.717) is 0 Å². The zero-order chi connectivity index (χ0) is 15.7. The van der Waals surface area contributed by atoms with Gasteiger partial charge in [0.25, 0.3) is 0 Å². The summed E-state index contributed by atoms with van der Waals surface area (Å²) in [5.41, 5.74) is 1.26. The third-order valence-corrected chi connectivity index (χ3v) is 4.41. The fraction of sp³-hybridized carbons (Fsp3) is 0.316. The third-order valence-electron chi connectivity index (χ3n) is 4.41. The highest BCUT2D eigenvalue weighted by molar-refractivity contribution is 5.73. The summed E-state index contributed by atoms with van der Waals surface area (Å²) < 4.78 is 5.99. The van der Waals surface area contributed by atoms with E-state index >= 15 is 0 Å². The smallest absolute Gasteiger partial charge is 0.411 e. The molecule has 2 aromatic rings. The topological polar surface area (TPSA) is 29.5 Å². The average molecular weight is 295 g/mol. The van der Waals surface area contributed by atoms with Crippen LogP contribution in [0.5, 0.6) is 0 Å². The molecule has 1 heterocycles. The Morgan fingerprint density at radius 1 is 0.955 bits per heavy atom. The van der Waals surface area contributed by atoms with E-state index in [1.165, 1.54) is 0 Å². The van der Waals surface area contributed by atoms with E-state index in [0.717, 1.165) is 11.1 Å². The van der Waals surface area contributed by atoms with Crippen LogP contribution in [-0.4, -0.2) is 24.1 Å². The van der Waals surface area contributed by atoms with Gasteiger partial charge in [-0.2, -0.15) is 0 Å². The Hall–Kier alpha value is -2.29. The third kappa shape index (κ3) is 2.08. The summed E-state index contributed by atoms with van der Waals surface area (Å²) in [6, 6.07) is 20.0. The number of ether oxygens (including phenoxy) is 1. The Kier molecular flexibility index (Phi) is 3.65. The molecule has 1 aliphatic heterocycles. The van der Waals surface area contributed by atoms with Crippen LogP contribution in [0.25, 0.3) is 0 Å². The van der Waals surface area contributed by atoms with Gasteiger partial charge in [0, 0.05) is 18.2 Å². The summed E-state index contributed by atoms with van der Waals surface area (Å²) in [7, 11) is 1.82. The zero-order valence-electron chi connectivity index (χ0n) is 13.2. The summed E-state index contributed by atoms with van der Waals surface area (Å²) in [6.07, 6.45) is -0.272. The van der Waals surface area contributed by atoms with E-state index in [9.17, 15) is 4.79 Å². The van der Waals surface area contributed by atoms with Crippen LogP contribution in [-0.2, 0) is 10.3 Å². The van der Waals surface area contributed by atoms with Crippen molar-refractivity contribution in [2.75, 3.05) is 7.05 Å². The fourth-order valence-corrected chi connectivity index (χ4v) is 3.57. The quantitative estimate of drug-likeness (QED) is 0.855.